The molecule has 0 saturated carbocycles. The van der Waals surface area contributed by atoms with E-state index in [9.17, 15) is 9.59 Å². The number of rotatable bonds is 8. The minimum atomic E-state index is -0.520. The lowest BCUT2D eigenvalue weighted by Gasteiger charge is -2.09. The van der Waals surface area contributed by atoms with Gasteiger partial charge in [-0.1, -0.05) is 48.5 Å². The molecule has 2 heterocycles. The number of hydrazone groups is 1. The Bertz CT molecular complexity index is 1310. The zero-order valence-electron chi connectivity index (χ0n) is 17.0. The Morgan fingerprint density at radius 1 is 1.10 bits per heavy atom. The second-order valence-electron chi connectivity index (χ2n) is 6.87. The molecular weight excluding hydrogens is 396 g/mol. The first kappa shape index (κ1) is 20.1. The number of H-pyrrole nitrogens is 1. The van der Waals surface area contributed by atoms with Gasteiger partial charge in [-0.3, -0.25) is 14.3 Å². The van der Waals surface area contributed by atoms with Crippen molar-refractivity contribution in [1.29, 1.82) is 0 Å². The molecule has 0 aliphatic rings. The van der Waals surface area contributed by atoms with E-state index >= 15 is 0 Å². The summed E-state index contributed by atoms with van der Waals surface area (Å²) in [5.74, 6) is 1.15. The molecule has 0 bridgehead atoms. The Kier molecular flexibility index (Phi) is 5.93. The highest BCUT2D eigenvalue weighted by atomic mass is 16.5. The van der Waals surface area contributed by atoms with Gasteiger partial charge in [-0.2, -0.15) is 10.1 Å². The Morgan fingerprint density at radius 3 is 2.55 bits per heavy atom. The van der Waals surface area contributed by atoms with Crippen molar-refractivity contribution in [3.63, 3.8) is 0 Å². The molecule has 4 aromatic rings. The van der Waals surface area contributed by atoms with E-state index in [2.05, 4.69) is 20.5 Å². The SMILES string of the molecule is Cn1c(=O)[nH]c(=O)c2c1nc(N/N=C\c1ccccc1)n2CCCOc1ccccc1. The van der Waals surface area contributed by atoms with Crippen molar-refractivity contribution in [3.8, 4) is 5.75 Å². The van der Waals surface area contributed by atoms with E-state index in [1.807, 2.05) is 60.7 Å². The van der Waals surface area contributed by atoms with Gasteiger partial charge in [0.05, 0.1) is 12.8 Å². The number of benzene rings is 2. The van der Waals surface area contributed by atoms with Gasteiger partial charge in [0.2, 0.25) is 5.95 Å². The van der Waals surface area contributed by atoms with Crippen LogP contribution < -0.4 is 21.4 Å². The number of imidazole rings is 1. The van der Waals surface area contributed by atoms with E-state index < -0.39 is 11.2 Å². The average molecular weight is 418 g/mol. The minimum absolute atomic E-state index is 0.287. The van der Waals surface area contributed by atoms with Gasteiger partial charge in [-0.15, -0.1) is 0 Å². The van der Waals surface area contributed by atoms with Gasteiger partial charge in [0.25, 0.3) is 5.56 Å². The molecule has 4 rings (SSSR count). The topological polar surface area (TPSA) is 106 Å². The summed E-state index contributed by atoms with van der Waals surface area (Å²) < 4.78 is 8.76. The summed E-state index contributed by atoms with van der Waals surface area (Å²) in [4.78, 5) is 31.3. The quantitative estimate of drug-likeness (QED) is 0.260. The lowest BCUT2D eigenvalue weighted by molar-refractivity contribution is 0.303. The van der Waals surface area contributed by atoms with Crippen LogP contribution in [-0.2, 0) is 13.6 Å². The molecular formula is C22H22N6O3. The molecule has 31 heavy (non-hydrogen) atoms. The van der Waals surface area contributed by atoms with Crippen molar-refractivity contribution in [3.05, 3.63) is 87.1 Å². The number of nitrogens with zero attached hydrogens (tertiary/aromatic N) is 4. The highest BCUT2D eigenvalue weighted by Crippen LogP contribution is 2.16. The molecule has 0 aliphatic heterocycles. The van der Waals surface area contributed by atoms with E-state index in [0.717, 1.165) is 11.3 Å². The van der Waals surface area contributed by atoms with Crippen LogP contribution in [0.25, 0.3) is 11.2 Å². The number of anilines is 1. The maximum Gasteiger partial charge on any atom is 0.329 e. The predicted octanol–water partition coefficient (Wildman–Crippen LogP) is 2.34. The van der Waals surface area contributed by atoms with Gasteiger partial charge >= 0.3 is 5.69 Å². The van der Waals surface area contributed by atoms with Crippen LogP contribution >= 0.6 is 0 Å². The zero-order valence-corrected chi connectivity index (χ0v) is 17.0. The molecule has 0 amide bonds. The van der Waals surface area contributed by atoms with Crippen molar-refractivity contribution in [1.82, 2.24) is 19.1 Å². The average Bonchev–Trinajstić information content (AvgIpc) is 3.16. The Hall–Kier alpha value is -4.14. The summed E-state index contributed by atoms with van der Waals surface area (Å²) in [7, 11) is 1.56. The van der Waals surface area contributed by atoms with Gasteiger partial charge < -0.3 is 9.30 Å². The highest BCUT2D eigenvalue weighted by molar-refractivity contribution is 5.80. The van der Waals surface area contributed by atoms with E-state index in [1.165, 1.54) is 4.57 Å². The molecule has 2 aromatic carbocycles. The number of hydrogen-bond donors (Lipinski definition) is 2. The van der Waals surface area contributed by atoms with Crippen molar-refractivity contribution >= 4 is 23.3 Å². The number of aromatic amines is 1. The third-order valence-electron chi connectivity index (χ3n) is 4.72. The third-order valence-corrected chi connectivity index (χ3v) is 4.72. The number of ether oxygens (including phenoxy) is 1. The molecule has 0 saturated heterocycles. The molecule has 0 fully saturated rings. The highest BCUT2D eigenvalue weighted by Gasteiger charge is 2.17. The first-order valence-electron chi connectivity index (χ1n) is 9.85. The predicted molar refractivity (Wildman–Crippen MR) is 120 cm³/mol. The molecule has 158 valence electrons. The number of para-hydroxylation sites is 1. The summed E-state index contributed by atoms with van der Waals surface area (Å²) >= 11 is 0. The molecule has 0 aliphatic carbocycles. The maximum atomic E-state index is 12.5. The fraction of sp³-hybridized carbons (Fsp3) is 0.182. The van der Waals surface area contributed by atoms with Crippen LogP contribution in [0.15, 0.2) is 75.4 Å². The summed E-state index contributed by atoms with van der Waals surface area (Å²) in [6, 6.07) is 19.1. The fourth-order valence-electron chi connectivity index (χ4n) is 3.17. The number of aryl methyl sites for hydroxylation is 2. The summed E-state index contributed by atoms with van der Waals surface area (Å²) in [6.45, 7) is 0.911. The number of aromatic nitrogens is 4. The van der Waals surface area contributed by atoms with E-state index in [0.29, 0.717) is 31.0 Å². The third kappa shape index (κ3) is 4.55. The first-order valence-corrected chi connectivity index (χ1v) is 9.85. The van der Waals surface area contributed by atoms with Crippen LogP contribution in [0.2, 0.25) is 0 Å². The zero-order chi connectivity index (χ0) is 21.6. The van der Waals surface area contributed by atoms with Crippen LogP contribution in [-0.4, -0.2) is 31.9 Å². The summed E-state index contributed by atoms with van der Waals surface area (Å²) in [6.07, 6.45) is 2.28. The Labute approximate surface area is 177 Å². The van der Waals surface area contributed by atoms with E-state index in [-0.39, 0.29) is 5.65 Å². The van der Waals surface area contributed by atoms with Crippen LogP contribution in [0.4, 0.5) is 5.95 Å². The van der Waals surface area contributed by atoms with Crippen LogP contribution in [0.1, 0.15) is 12.0 Å². The monoisotopic (exact) mass is 418 g/mol. The van der Waals surface area contributed by atoms with E-state index in [1.54, 1.807) is 17.8 Å². The second kappa shape index (κ2) is 9.12. The standard InChI is InChI=1S/C22H22N6O3/c1-27-19-18(20(29)25-22(27)30)28(13-8-14-31-17-11-6-3-7-12-17)21(24-19)26-23-15-16-9-4-2-5-10-16/h2-7,9-12,15H,8,13-14H2,1H3,(H,24,26)(H,25,29,30)/b23-15-. The molecule has 9 nitrogen and oxygen atoms in total. The van der Waals surface area contributed by atoms with Crippen molar-refractivity contribution in [2.75, 3.05) is 12.0 Å². The van der Waals surface area contributed by atoms with Gasteiger partial charge in [0.1, 0.15) is 5.75 Å². The smallest absolute Gasteiger partial charge is 0.329 e. The van der Waals surface area contributed by atoms with Gasteiger partial charge in [-0.05, 0) is 24.1 Å². The molecule has 0 atom stereocenters. The van der Waals surface area contributed by atoms with Crippen LogP contribution in [0.5, 0.6) is 5.75 Å². The first-order chi connectivity index (χ1) is 15.1. The number of fused-ring (bicyclic) bond motifs is 1. The number of hydrogen-bond acceptors (Lipinski definition) is 6. The normalized spacial score (nSPS) is 11.3. The summed E-state index contributed by atoms with van der Waals surface area (Å²) in [5.41, 5.74) is 3.39. The molecule has 2 aromatic heterocycles. The fourth-order valence-corrected chi connectivity index (χ4v) is 3.17. The second-order valence-corrected chi connectivity index (χ2v) is 6.87. The Morgan fingerprint density at radius 2 is 1.81 bits per heavy atom. The van der Waals surface area contributed by atoms with Gasteiger partial charge in [0, 0.05) is 13.6 Å². The molecule has 0 unspecified atom stereocenters. The Balaban J connectivity index is 1.58. The lowest BCUT2D eigenvalue weighted by Crippen LogP contribution is -2.29. The van der Waals surface area contributed by atoms with Crippen molar-refractivity contribution in [2.24, 2.45) is 12.1 Å². The van der Waals surface area contributed by atoms with Gasteiger partial charge in [-0.25, -0.2) is 10.2 Å². The lowest BCUT2D eigenvalue weighted by atomic mass is 10.2. The minimum Gasteiger partial charge on any atom is -0.494 e. The van der Waals surface area contributed by atoms with Crippen LogP contribution in [0, 0.1) is 0 Å². The van der Waals surface area contributed by atoms with Crippen molar-refractivity contribution < 1.29 is 4.74 Å². The molecule has 0 radical (unpaired) electrons. The van der Waals surface area contributed by atoms with E-state index in [4.69, 9.17) is 4.74 Å². The van der Waals surface area contributed by atoms with Crippen LogP contribution in [0.3, 0.4) is 0 Å². The maximum absolute atomic E-state index is 12.5. The molecule has 9 heteroatoms. The molecule has 2 N–H and O–H groups in total. The summed E-state index contributed by atoms with van der Waals surface area (Å²) in [5, 5.41) is 4.24. The molecule has 0 spiro atoms. The largest absolute Gasteiger partial charge is 0.494 e. The van der Waals surface area contributed by atoms with Crippen molar-refractivity contribution in [2.45, 2.75) is 13.0 Å². The van der Waals surface area contributed by atoms with Gasteiger partial charge in [0.15, 0.2) is 11.2 Å². The number of nitrogens with one attached hydrogen (secondary N) is 2.